The Morgan fingerprint density at radius 1 is 1.29 bits per heavy atom. The third kappa shape index (κ3) is 4.30. The third-order valence-electron chi connectivity index (χ3n) is 4.60. The number of likely N-dealkylation sites (tertiary alicyclic amines) is 1. The van der Waals surface area contributed by atoms with Crippen LogP contribution in [-0.2, 0) is 5.54 Å². The Morgan fingerprint density at radius 2 is 2.05 bits per heavy atom. The molecule has 0 amide bonds. The summed E-state index contributed by atoms with van der Waals surface area (Å²) in [5.74, 6) is 0.853. The first kappa shape index (κ1) is 16.0. The molecule has 1 aliphatic rings. The summed E-state index contributed by atoms with van der Waals surface area (Å²) in [5, 5.41) is 9.57. The molecule has 0 aliphatic carbocycles. The lowest BCUT2D eigenvalue weighted by atomic mass is 9.92. The largest absolute Gasteiger partial charge is 0.309 e. The van der Waals surface area contributed by atoms with E-state index in [-0.39, 0.29) is 0 Å². The summed E-state index contributed by atoms with van der Waals surface area (Å²) in [6.07, 6.45) is 6.39. The molecular formula is C18H27N3. The Morgan fingerprint density at radius 3 is 2.71 bits per heavy atom. The number of hydrogen-bond acceptors (Lipinski definition) is 3. The van der Waals surface area contributed by atoms with E-state index >= 15 is 0 Å². The van der Waals surface area contributed by atoms with Gasteiger partial charge in [0.1, 0.15) is 5.54 Å². The van der Waals surface area contributed by atoms with E-state index in [4.69, 9.17) is 5.73 Å². The number of benzene rings is 1. The Bertz CT molecular complexity index is 465. The fourth-order valence-electron chi connectivity index (χ4n) is 3.36. The lowest BCUT2D eigenvalue weighted by Gasteiger charge is -2.30. The quantitative estimate of drug-likeness (QED) is 0.903. The van der Waals surface area contributed by atoms with Gasteiger partial charge in [-0.25, -0.2) is 0 Å². The molecule has 1 saturated heterocycles. The molecule has 1 aliphatic heterocycles. The van der Waals surface area contributed by atoms with Gasteiger partial charge in [-0.1, -0.05) is 50.1 Å². The highest BCUT2D eigenvalue weighted by molar-refractivity contribution is 5.31. The molecule has 0 aromatic heterocycles. The van der Waals surface area contributed by atoms with Crippen molar-refractivity contribution in [1.82, 2.24) is 4.90 Å². The topological polar surface area (TPSA) is 53.0 Å². The van der Waals surface area contributed by atoms with Crippen LogP contribution >= 0.6 is 0 Å². The minimum Gasteiger partial charge on any atom is -0.309 e. The predicted molar refractivity (Wildman–Crippen MR) is 86.6 cm³/mol. The van der Waals surface area contributed by atoms with Crippen molar-refractivity contribution in [3.05, 3.63) is 35.9 Å². The second-order valence-electron chi connectivity index (χ2n) is 6.31. The van der Waals surface area contributed by atoms with Crippen molar-refractivity contribution in [2.24, 2.45) is 11.7 Å². The van der Waals surface area contributed by atoms with E-state index in [2.05, 4.69) is 17.9 Å². The molecule has 1 fully saturated rings. The summed E-state index contributed by atoms with van der Waals surface area (Å²) in [5.41, 5.74) is 6.41. The number of nitrogens with zero attached hydrogens (tertiary/aromatic N) is 2. The first-order valence-corrected chi connectivity index (χ1v) is 8.16. The van der Waals surface area contributed by atoms with Gasteiger partial charge in [0.2, 0.25) is 0 Å². The first-order chi connectivity index (χ1) is 10.2. The van der Waals surface area contributed by atoms with Crippen LogP contribution in [0.2, 0.25) is 0 Å². The van der Waals surface area contributed by atoms with Crippen molar-refractivity contribution < 1.29 is 0 Å². The molecular weight excluding hydrogens is 258 g/mol. The second kappa shape index (κ2) is 7.59. The van der Waals surface area contributed by atoms with Crippen molar-refractivity contribution in [3.63, 3.8) is 0 Å². The van der Waals surface area contributed by atoms with Crippen molar-refractivity contribution >= 4 is 0 Å². The molecule has 21 heavy (non-hydrogen) atoms. The summed E-state index contributed by atoms with van der Waals surface area (Å²) in [4.78, 5) is 2.38. The highest BCUT2D eigenvalue weighted by Gasteiger charge is 2.30. The van der Waals surface area contributed by atoms with E-state index in [1.807, 2.05) is 30.3 Å². The standard InChI is InChI=1S/C18H27N3/c1-2-7-16-8-6-12-21(13-11-16)15-18(20,14-19)17-9-4-3-5-10-17/h3-5,9-10,16H,2,6-8,11-13,15,20H2,1H3. The number of nitrogens with two attached hydrogens (primary N) is 1. The average Bonchev–Trinajstić information content (AvgIpc) is 2.74. The summed E-state index contributed by atoms with van der Waals surface area (Å²) >= 11 is 0. The zero-order valence-corrected chi connectivity index (χ0v) is 13.1. The minimum absolute atomic E-state index is 0.631. The van der Waals surface area contributed by atoms with E-state index in [0.717, 1.165) is 24.6 Å². The smallest absolute Gasteiger partial charge is 0.142 e. The summed E-state index contributed by atoms with van der Waals surface area (Å²) in [6, 6.07) is 12.1. The van der Waals surface area contributed by atoms with E-state index in [1.165, 1.54) is 32.1 Å². The summed E-state index contributed by atoms with van der Waals surface area (Å²) in [6.45, 7) is 5.02. The Hall–Kier alpha value is -1.37. The zero-order chi connectivity index (χ0) is 15.1. The van der Waals surface area contributed by atoms with E-state index in [0.29, 0.717) is 6.54 Å². The molecule has 2 rings (SSSR count). The van der Waals surface area contributed by atoms with E-state index in [1.54, 1.807) is 0 Å². The monoisotopic (exact) mass is 285 g/mol. The minimum atomic E-state index is -0.897. The van der Waals surface area contributed by atoms with Crippen LogP contribution in [0.4, 0.5) is 0 Å². The summed E-state index contributed by atoms with van der Waals surface area (Å²) in [7, 11) is 0. The number of hydrogen-bond donors (Lipinski definition) is 1. The maximum absolute atomic E-state index is 9.57. The van der Waals surface area contributed by atoms with Crippen LogP contribution in [0.1, 0.15) is 44.6 Å². The van der Waals surface area contributed by atoms with Gasteiger partial charge in [-0.15, -0.1) is 0 Å². The van der Waals surface area contributed by atoms with Gasteiger partial charge in [0.05, 0.1) is 6.07 Å². The molecule has 1 heterocycles. The van der Waals surface area contributed by atoms with Gasteiger partial charge in [0, 0.05) is 6.54 Å². The van der Waals surface area contributed by atoms with Crippen LogP contribution in [0.5, 0.6) is 0 Å². The molecule has 2 atom stereocenters. The highest BCUT2D eigenvalue weighted by Crippen LogP contribution is 2.25. The molecule has 1 aromatic carbocycles. The van der Waals surface area contributed by atoms with Crippen LogP contribution in [0.25, 0.3) is 0 Å². The van der Waals surface area contributed by atoms with Crippen molar-refractivity contribution in [1.29, 1.82) is 5.26 Å². The van der Waals surface area contributed by atoms with Gasteiger partial charge < -0.3 is 10.6 Å². The molecule has 2 unspecified atom stereocenters. The average molecular weight is 285 g/mol. The van der Waals surface area contributed by atoms with E-state index < -0.39 is 5.54 Å². The molecule has 3 nitrogen and oxygen atoms in total. The lowest BCUT2D eigenvalue weighted by molar-refractivity contribution is 0.238. The maximum Gasteiger partial charge on any atom is 0.142 e. The summed E-state index contributed by atoms with van der Waals surface area (Å²) < 4.78 is 0. The van der Waals surface area contributed by atoms with Crippen LogP contribution in [0, 0.1) is 17.2 Å². The van der Waals surface area contributed by atoms with Crippen molar-refractivity contribution in [2.75, 3.05) is 19.6 Å². The predicted octanol–water partition coefficient (Wildman–Crippen LogP) is 3.27. The molecule has 114 valence electrons. The molecule has 0 bridgehead atoms. The van der Waals surface area contributed by atoms with Gasteiger partial charge in [0.15, 0.2) is 0 Å². The van der Waals surface area contributed by atoms with Gasteiger partial charge in [0.25, 0.3) is 0 Å². The highest BCUT2D eigenvalue weighted by atomic mass is 15.1. The first-order valence-electron chi connectivity index (χ1n) is 8.16. The molecule has 0 spiro atoms. The third-order valence-corrected chi connectivity index (χ3v) is 4.60. The van der Waals surface area contributed by atoms with Gasteiger partial charge in [-0.2, -0.15) is 5.26 Å². The maximum atomic E-state index is 9.57. The van der Waals surface area contributed by atoms with E-state index in [9.17, 15) is 5.26 Å². The van der Waals surface area contributed by atoms with Gasteiger partial charge in [-0.3, -0.25) is 0 Å². The second-order valence-corrected chi connectivity index (χ2v) is 6.31. The molecule has 0 saturated carbocycles. The fraction of sp³-hybridized carbons (Fsp3) is 0.611. The Balaban J connectivity index is 2.01. The van der Waals surface area contributed by atoms with Crippen molar-refractivity contribution in [2.45, 2.75) is 44.6 Å². The van der Waals surface area contributed by atoms with Crippen LogP contribution in [0.3, 0.4) is 0 Å². The van der Waals surface area contributed by atoms with Gasteiger partial charge >= 0.3 is 0 Å². The molecule has 1 aromatic rings. The lowest BCUT2D eigenvalue weighted by Crippen LogP contribution is -2.47. The van der Waals surface area contributed by atoms with Crippen molar-refractivity contribution in [3.8, 4) is 6.07 Å². The molecule has 0 radical (unpaired) electrons. The fourth-order valence-corrected chi connectivity index (χ4v) is 3.36. The SMILES string of the molecule is CCCC1CCCN(CC(N)(C#N)c2ccccc2)CC1. The molecule has 3 heteroatoms. The zero-order valence-electron chi connectivity index (χ0n) is 13.1. The Labute approximate surface area is 128 Å². The number of nitriles is 1. The normalized spacial score (nSPS) is 23.0. The Kier molecular flexibility index (Phi) is 5.78. The van der Waals surface area contributed by atoms with Crippen LogP contribution in [-0.4, -0.2) is 24.5 Å². The van der Waals surface area contributed by atoms with Gasteiger partial charge in [-0.05, 0) is 43.8 Å². The number of rotatable bonds is 5. The van der Waals surface area contributed by atoms with Crippen LogP contribution in [0.15, 0.2) is 30.3 Å². The molecule has 2 N–H and O–H groups in total. The van der Waals surface area contributed by atoms with Crippen LogP contribution < -0.4 is 5.73 Å².